The summed E-state index contributed by atoms with van der Waals surface area (Å²) < 4.78 is 0. The minimum absolute atomic E-state index is 0.0438. The number of piperidine rings is 1. The predicted molar refractivity (Wildman–Crippen MR) is 116 cm³/mol. The van der Waals surface area contributed by atoms with Crippen LogP contribution in [-0.2, 0) is 17.8 Å². The summed E-state index contributed by atoms with van der Waals surface area (Å²) in [5, 5.41) is 3.21. The van der Waals surface area contributed by atoms with Crippen LogP contribution in [0.3, 0.4) is 0 Å². The number of nitrogens with zero attached hydrogens (tertiary/aromatic N) is 1. The maximum Gasteiger partial charge on any atom is 0.224 e. The average molecular weight is 379 g/mol. The number of rotatable bonds is 7. The van der Waals surface area contributed by atoms with Crippen molar-refractivity contribution in [2.24, 2.45) is 5.92 Å². The fraction of sp³-hybridized carbons (Fsp3) is 0.480. The van der Waals surface area contributed by atoms with Crippen LogP contribution in [0.4, 0.5) is 0 Å². The second-order valence-corrected chi connectivity index (χ2v) is 8.22. The van der Waals surface area contributed by atoms with Gasteiger partial charge < -0.3 is 5.32 Å². The van der Waals surface area contributed by atoms with Crippen LogP contribution in [0.5, 0.6) is 0 Å². The molecular weight excluding hydrogens is 344 g/mol. The van der Waals surface area contributed by atoms with Gasteiger partial charge in [-0.3, -0.25) is 9.69 Å². The molecule has 1 amide bonds. The lowest BCUT2D eigenvalue weighted by Crippen LogP contribution is -2.47. The Bertz CT molecular complexity index is 741. The average Bonchev–Trinajstić information content (AvgIpc) is 2.74. The van der Waals surface area contributed by atoms with Crippen molar-refractivity contribution in [1.29, 1.82) is 0 Å². The summed E-state index contributed by atoms with van der Waals surface area (Å²) in [7, 11) is 0. The second kappa shape index (κ2) is 9.88. The normalized spacial score (nSPS) is 21.2. The maximum atomic E-state index is 12.9. The molecule has 1 aliphatic rings. The summed E-state index contributed by atoms with van der Waals surface area (Å²) in [5.41, 5.74) is 4.04. The van der Waals surface area contributed by atoms with Crippen molar-refractivity contribution in [2.75, 3.05) is 13.1 Å². The summed E-state index contributed by atoms with van der Waals surface area (Å²) in [5.74, 6) is 0.653. The third-order valence-electron chi connectivity index (χ3n) is 6.01. The number of likely N-dealkylation sites (tertiary alicyclic amines) is 1. The summed E-state index contributed by atoms with van der Waals surface area (Å²) >= 11 is 0. The highest BCUT2D eigenvalue weighted by Crippen LogP contribution is 2.31. The largest absolute Gasteiger partial charge is 0.353 e. The highest BCUT2D eigenvalue weighted by atomic mass is 16.2. The molecular formula is C25H34N2O. The fourth-order valence-corrected chi connectivity index (χ4v) is 4.08. The summed E-state index contributed by atoms with van der Waals surface area (Å²) in [6, 6.07) is 19.8. The Labute approximate surface area is 170 Å². The molecule has 3 nitrogen and oxygen atoms in total. The van der Waals surface area contributed by atoms with Gasteiger partial charge in [0.1, 0.15) is 0 Å². The number of carbonyl (C=O) groups excluding carboxylic acids is 1. The van der Waals surface area contributed by atoms with Crippen LogP contribution in [0.1, 0.15) is 56.2 Å². The summed E-state index contributed by atoms with van der Waals surface area (Å²) in [6.07, 6.45) is 2.96. The molecule has 0 unspecified atom stereocenters. The van der Waals surface area contributed by atoms with Gasteiger partial charge in [-0.05, 0) is 48.8 Å². The first-order valence-electron chi connectivity index (χ1n) is 10.7. The van der Waals surface area contributed by atoms with E-state index in [1.807, 2.05) is 0 Å². The first-order chi connectivity index (χ1) is 13.6. The van der Waals surface area contributed by atoms with E-state index in [2.05, 4.69) is 85.6 Å². The standard InChI is InChI=1S/C25H34N2O/c1-4-19(3)26-25(28)24-15-23(22-13-11-20(5-2)12-14-22)17-27(18-24)16-21-9-7-6-8-10-21/h6-14,19,23-24H,4-5,15-18H2,1-3H3,(H,26,28)/t19-,23+,24+/m0/s1. The molecule has 150 valence electrons. The molecule has 0 radical (unpaired) electrons. The lowest BCUT2D eigenvalue weighted by Gasteiger charge is -2.38. The van der Waals surface area contributed by atoms with E-state index >= 15 is 0 Å². The molecule has 2 aromatic carbocycles. The number of hydrogen-bond donors (Lipinski definition) is 1. The highest BCUT2D eigenvalue weighted by molar-refractivity contribution is 5.79. The Morgan fingerprint density at radius 2 is 1.75 bits per heavy atom. The quantitative estimate of drug-likeness (QED) is 0.753. The lowest BCUT2D eigenvalue weighted by molar-refractivity contribution is -0.127. The molecule has 1 fully saturated rings. The Kier molecular flexibility index (Phi) is 7.27. The van der Waals surface area contributed by atoms with E-state index in [-0.39, 0.29) is 17.9 Å². The Morgan fingerprint density at radius 3 is 2.39 bits per heavy atom. The van der Waals surface area contributed by atoms with Crippen molar-refractivity contribution >= 4 is 5.91 Å². The molecule has 3 atom stereocenters. The van der Waals surface area contributed by atoms with Crippen LogP contribution < -0.4 is 5.32 Å². The maximum absolute atomic E-state index is 12.9. The molecule has 1 heterocycles. The molecule has 0 bridgehead atoms. The number of hydrogen-bond acceptors (Lipinski definition) is 2. The van der Waals surface area contributed by atoms with Gasteiger partial charge in [0.05, 0.1) is 5.92 Å². The van der Waals surface area contributed by atoms with Crippen LogP contribution in [0.25, 0.3) is 0 Å². The zero-order valence-electron chi connectivity index (χ0n) is 17.5. The van der Waals surface area contributed by atoms with Gasteiger partial charge in [0.25, 0.3) is 0 Å². The first-order valence-corrected chi connectivity index (χ1v) is 10.7. The smallest absolute Gasteiger partial charge is 0.224 e. The van der Waals surface area contributed by atoms with Gasteiger partial charge in [0.15, 0.2) is 0 Å². The van der Waals surface area contributed by atoms with Crippen molar-refractivity contribution in [3.05, 3.63) is 71.3 Å². The van der Waals surface area contributed by atoms with Gasteiger partial charge in [-0.25, -0.2) is 0 Å². The Morgan fingerprint density at radius 1 is 1.04 bits per heavy atom. The van der Waals surface area contributed by atoms with Crippen molar-refractivity contribution in [2.45, 2.75) is 58.5 Å². The minimum Gasteiger partial charge on any atom is -0.353 e. The molecule has 2 aromatic rings. The second-order valence-electron chi connectivity index (χ2n) is 8.22. The van der Waals surface area contributed by atoms with Crippen LogP contribution in [0.15, 0.2) is 54.6 Å². The van der Waals surface area contributed by atoms with Crippen molar-refractivity contribution in [1.82, 2.24) is 10.2 Å². The van der Waals surface area contributed by atoms with Gasteiger partial charge in [-0.1, -0.05) is 68.4 Å². The van der Waals surface area contributed by atoms with Crippen molar-refractivity contribution in [3.8, 4) is 0 Å². The third-order valence-corrected chi connectivity index (χ3v) is 6.01. The molecule has 1 aliphatic heterocycles. The SMILES string of the molecule is CCc1ccc([C@@H]2C[C@@H](C(=O)N[C@@H](C)CC)CN(Cc3ccccc3)C2)cc1. The zero-order chi connectivity index (χ0) is 19.9. The van der Waals surface area contributed by atoms with Crippen molar-refractivity contribution < 1.29 is 4.79 Å². The number of benzene rings is 2. The van der Waals surface area contributed by atoms with Crippen LogP contribution >= 0.6 is 0 Å². The van der Waals surface area contributed by atoms with E-state index in [1.54, 1.807) is 0 Å². The predicted octanol–water partition coefficient (Wildman–Crippen LogP) is 4.77. The van der Waals surface area contributed by atoms with Crippen LogP contribution in [0, 0.1) is 5.92 Å². The zero-order valence-corrected chi connectivity index (χ0v) is 17.5. The van der Waals surface area contributed by atoms with Crippen LogP contribution in [-0.4, -0.2) is 29.9 Å². The highest BCUT2D eigenvalue weighted by Gasteiger charge is 2.32. The topological polar surface area (TPSA) is 32.3 Å². The molecule has 0 aliphatic carbocycles. The molecule has 28 heavy (non-hydrogen) atoms. The number of nitrogens with one attached hydrogen (secondary N) is 1. The number of aryl methyl sites for hydroxylation is 1. The van der Waals surface area contributed by atoms with Gasteiger partial charge in [-0.2, -0.15) is 0 Å². The summed E-state index contributed by atoms with van der Waals surface area (Å²) in [6.45, 7) is 9.13. The number of amides is 1. The van der Waals surface area contributed by atoms with Gasteiger partial charge in [-0.15, -0.1) is 0 Å². The Hall–Kier alpha value is -2.13. The molecule has 1 saturated heterocycles. The molecule has 3 heteroatoms. The summed E-state index contributed by atoms with van der Waals surface area (Å²) in [4.78, 5) is 15.4. The first kappa shape index (κ1) is 20.6. The van der Waals surface area contributed by atoms with E-state index in [1.165, 1.54) is 16.7 Å². The lowest BCUT2D eigenvalue weighted by atomic mass is 9.83. The molecule has 0 spiro atoms. The van der Waals surface area contributed by atoms with E-state index in [0.29, 0.717) is 5.92 Å². The van der Waals surface area contributed by atoms with E-state index in [4.69, 9.17) is 0 Å². The molecule has 0 aromatic heterocycles. The Balaban J connectivity index is 1.77. The molecule has 0 saturated carbocycles. The van der Waals surface area contributed by atoms with Crippen LogP contribution in [0.2, 0.25) is 0 Å². The number of carbonyl (C=O) groups is 1. The van der Waals surface area contributed by atoms with Gasteiger partial charge in [0.2, 0.25) is 5.91 Å². The third kappa shape index (κ3) is 5.45. The van der Waals surface area contributed by atoms with Gasteiger partial charge >= 0.3 is 0 Å². The van der Waals surface area contributed by atoms with E-state index in [0.717, 1.165) is 38.9 Å². The van der Waals surface area contributed by atoms with Crippen molar-refractivity contribution in [3.63, 3.8) is 0 Å². The fourth-order valence-electron chi connectivity index (χ4n) is 4.08. The van der Waals surface area contributed by atoms with E-state index in [9.17, 15) is 4.79 Å². The minimum atomic E-state index is 0.0438. The molecule has 1 N–H and O–H groups in total. The monoisotopic (exact) mass is 378 g/mol. The molecule has 3 rings (SSSR count). The van der Waals surface area contributed by atoms with Gasteiger partial charge in [0, 0.05) is 25.7 Å². The van der Waals surface area contributed by atoms with E-state index < -0.39 is 0 Å².